The average molecular weight is 296 g/mol. The number of carbonyl (C=O) groups excluding carboxylic acids is 1. The highest BCUT2D eigenvalue weighted by atomic mass is 16.5. The highest BCUT2D eigenvalue weighted by Gasteiger charge is 2.02. The maximum absolute atomic E-state index is 11.1. The van der Waals surface area contributed by atoms with Crippen LogP contribution in [-0.2, 0) is 11.2 Å². The van der Waals surface area contributed by atoms with Crippen molar-refractivity contribution in [3.05, 3.63) is 54.1 Å². The lowest BCUT2D eigenvalue weighted by Gasteiger charge is -2.08. The molecule has 0 saturated carbocycles. The highest BCUT2D eigenvalue weighted by Crippen LogP contribution is 2.24. The summed E-state index contributed by atoms with van der Waals surface area (Å²) in [6.45, 7) is 4.57. The molecule has 0 aromatic heterocycles. The number of unbranched alkanes of at least 4 members (excludes halogenated alkanes) is 1. The van der Waals surface area contributed by atoms with Gasteiger partial charge in [-0.3, -0.25) is 0 Å². The predicted molar refractivity (Wildman–Crippen MR) is 91.3 cm³/mol. The molecule has 0 unspecified atom stereocenters. The molecule has 2 aromatic rings. The van der Waals surface area contributed by atoms with Crippen LogP contribution in [0.1, 0.15) is 38.7 Å². The maximum atomic E-state index is 11.1. The van der Waals surface area contributed by atoms with Crippen LogP contribution >= 0.6 is 0 Å². The first kappa shape index (κ1) is 16.3. The van der Waals surface area contributed by atoms with Gasteiger partial charge < -0.3 is 9.53 Å². The normalized spacial score (nSPS) is 10.5. The third-order valence-electron chi connectivity index (χ3n) is 3.65. The molecule has 0 heterocycles. The monoisotopic (exact) mass is 296 g/mol. The Bertz CT molecular complexity index is 599. The van der Waals surface area contributed by atoms with Crippen molar-refractivity contribution < 1.29 is 9.53 Å². The Kier molecular flexibility index (Phi) is 6.20. The molecule has 0 fully saturated rings. The van der Waals surface area contributed by atoms with E-state index < -0.39 is 0 Å². The SMILES string of the molecule is CCCCOc1ccc(-c2cccc(CCC(C)=O)c2)cc1. The van der Waals surface area contributed by atoms with Crippen LogP contribution in [0.3, 0.4) is 0 Å². The zero-order valence-electron chi connectivity index (χ0n) is 13.5. The number of rotatable bonds is 8. The second-order valence-electron chi connectivity index (χ2n) is 5.63. The molecular formula is C20H24O2. The second kappa shape index (κ2) is 8.38. The number of carbonyl (C=O) groups is 1. The van der Waals surface area contributed by atoms with Gasteiger partial charge in [-0.2, -0.15) is 0 Å². The lowest BCUT2D eigenvalue weighted by atomic mass is 10.0. The molecule has 0 aliphatic carbocycles. The Labute approximate surface area is 133 Å². The Morgan fingerprint density at radius 2 is 1.82 bits per heavy atom. The summed E-state index contributed by atoms with van der Waals surface area (Å²) in [5.41, 5.74) is 3.56. The van der Waals surface area contributed by atoms with Crippen molar-refractivity contribution in [2.24, 2.45) is 0 Å². The Morgan fingerprint density at radius 3 is 2.50 bits per heavy atom. The number of benzene rings is 2. The minimum atomic E-state index is 0.235. The van der Waals surface area contributed by atoms with Crippen LogP contribution in [0, 0.1) is 0 Å². The third kappa shape index (κ3) is 5.03. The van der Waals surface area contributed by atoms with Crippen LogP contribution < -0.4 is 4.74 Å². The van der Waals surface area contributed by atoms with Crippen molar-refractivity contribution >= 4 is 5.78 Å². The van der Waals surface area contributed by atoms with E-state index in [9.17, 15) is 4.79 Å². The topological polar surface area (TPSA) is 26.3 Å². The van der Waals surface area contributed by atoms with Crippen LogP contribution in [-0.4, -0.2) is 12.4 Å². The number of aryl methyl sites for hydroxylation is 1. The van der Waals surface area contributed by atoms with E-state index in [0.717, 1.165) is 31.6 Å². The molecule has 2 aromatic carbocycles. The zero-order valence-corrected chi connectivity index (χ0v) is 13.5. The Balaban J connectivity index is 2.04. The van der Waals surface area contributed by atoms with E-state index in [1.54, 1.807) is 6.92 Å². The van der Waals surface area contributed by atoms with Crippen molar-refractivity contribution in [2.45, 2.75) is 39.5 Å². The van der Waals surface area contributed by atoms with Crippen molar-refractivity contribution in [3.63, 3.8) is 0 Å². The summed E-state index contributed by atoms with van der Waals surface area (Å²) in [5, 5.41) is 0. The smallest absolute Gasteiger partial charge is 0.130 e. The van der Waals surface area contributed by atoms with Crippen molar-refractivity contribution in [1.82, 2.24) is 0 Å². The summed E-state index contributed by atoms with van der Waals surface area (Å²) in [4.78, 5) is 11.1. The van der Waals surface area contributed by atoms with E-state index in [-0.39, 0.29) is 5.78 Å². The molecule has 0 bridgehead atoms. The highest BCUT2D eigenvalue weighted by molar-refractivity contribution is 5.75. The number of ketones is 1. The number of hydrogen-bond acceptors (Lipinski definition) is 2. The average Bonchev–Trinajstić information content (AvgIpc) is 2.54. The van der Waals surface area contributed by atoms with Gasteiger partial charge >= 0.3 is 0 Å². The van der Waals surface area contributed by atoms with E-state index in [4.69, 9.17) is 4.74 Å². The number of hydrogen-bond donors (Lipinski definition) is 0. The Hall–Kier alpha value is -2.09. The van der Waals surface area contributed by atoms with Crippen LogP contribution in [0.5, 0.6) is 5.75 Å². The fraction of sp³-hybridized carbons (Fsp3) is 0.350. The molecular weight excluding hydrogens is 272 g/mol. The molecule has 0 atom stereocenters. The van der Waals surface area contributed by atoms with Crippen LogP contribution in [0.15, 0.2) is 48.5 Å². The van der Waals surface area contributed by atoms with Gasteiger partial charge in [-0.05, 0) is 48.6 Å². The molecule has 0 N–H and O–H groups in total. The fourth-order valence-corrected chi connectivity index (χ4v) is 2.30. The van der Waals surface area contributed by atoms with E-state index >= 15 is 0 Å². The maximum Gasteiger partial charge on any atom is 0.130 e. The number of ether oxygens (including phenoxy) is 1. The van der Waals surface area contributed by atoms with Crippen LogP contribution in [0.2, 0.25) is 0 Å². The molecule has 2 nitrogen and oxygen atoms in total. The fourth-order valence-electron chi connectivity index (χ4n) is 2.30. The molecule has 0 aliphatic rings. The summed E-state index contributed by atoms with van der Waals surface area (Å²) in [5.74, 6) is 1.16. The largest absolute Gasteiger partial charge is 0.494 e. The molecule has 0 saturated heterocycles. The van der Waals surface area contributed by atoms with Gasteiger partial charge in [-0.1, -0.05) is 49.7 Å². The van der Waals surface area contributed by atoms with Crippen LogP contribution in [0.25, 0.3) is 11.1 Å². The minimum absolute atomic E-state index is 0.235. The van der Waals surface area contributed by atoms with Crippen LogP contribution in [0.4, 0.5) is 0 Å². The second-order valence-corrected chi connectivity index (χ2v) is 5.63. The van der Waals surface area contributed by atoms with Crippen molar-refractivity contribution in [2.75, 3.05) is 6.61 Å². The third-order valence-corrected chi connectivity index (χ3v) is 3.65. The lowest BCUT2D eigenvalue weighted by molar-refractivity contribution is -0.116. The van der Waals surface area contributed by atoms with Crippen molar-refractivity contribution in [3.8, 4) is 16.9 Å². The van der Waals surface area contributed by atoms with E-state index in [1.165, 1.54) is 16.7 Å². The van der Waals surface area contributed by atoms with Gasteiger partial charge in [0.25, 0.3) is 0 Å². The van der Waals surface area contributed by atoms with Gasteiger partial charge in [-0.25, -0.2) is 0 Å². The molecule has 0 spiro atoms. The minimum Gasteiger partial charge on any atom is -0.494 e. The Morgan fingerprint density at radius 1 is 1.05 bits per heavy atom. The van der Waals surface area contributed by atoms with Gasteiger partial charge in [0, 0.05) is 6.42 Å². The first-order chi connectivity index (χ1) is 10.7. The van der Waals surface area contributed by atoms with E-state index in [2.05, 4.69) is 43.3 Å². The molecule has 2 rings (SSSR count). The summed E-state index contributed by atoms with van der Waals surface area (Å²) < 4.78 is 5.69. The quantitative estimate of drug-likeness (QED) is 0.637. The van der Waals surface area contributed by atoms with Gasteiger partial charge in [0.15, 0.2) is 0 Å². The summed E-state index contributed by atoms with van der Waals surface area (Å²) in [6, 6.07) is 16.6. The van der Waals surface area contributed by atoms with Gasteiger partial charge in [0.05, 0.1) is 6.61 Å². The molecule has 0 radical (unpaired) electrons. The standard InChI is InChI=1S/C20H24O2/c1-3-4-14-22-20-12-10-18(11-13-20)19-7-5-6-17(15-19)9-8-16(2)21/h5-7,10-13,15H,3-4,8-9,14H2,1-2H3. The molecule has 22 heavy (non-hydrogen) atoms. The van der Waals surface area contributed by atoms with E-state index in [1.807, 2.05) is 12.1 Å². The number of Topliss-reactive ketones (excluding diaryl/α,β-unsaturated/α-hetero) is 1. The summed E-state index contributed by atoms with van der Waals surface area (Å²) >= 11 is 0. The first-order valence-corrected chi connectivity index (χ1v) is 8.00. The lowest BCUT2D eigenvalue weighted by Crippen LogP contribution is -1.96. The van der Waals surface area contributed by atoms with Gasteiger partial charge in [0.2, 0.25) is 0 Å². The summed E-state index contributed by atoms with van der Waals surface area (Å²) in [6.07, 6.45) is 3.64. The summed E-state index contributed by atoms with van der Waals surface area (Å²) in [7, 11) is 0. The predicted octanol–water partition coefficient (Wildman–Crippen LogP) is 5.05. The van der Waals surface area contributed by atoms with E-state index in [0.29, 0.717) is 6.42 Å². The molecule has 2 heteroatoms. The zero-order chi connectivity index (χ0) is 15.8. The van der Waals surface area contributed by atoms with Gasteiger partial charge in [-0.15, -0.1) is 0 Å². The first-order valence-electron chi connectivity index (χ1n) is 8.00. The molecule has 0 amide bonds. The van der Waals surface area contributed by atoms with Gasteiger partial charge in [0.1, 0.15) is 11.5 Å². The molecule has 116 valence electrons. The van der Waals surface area contributed by atoms with Crippen molar-refractivity contribution in [1.29, 1.82) is 0 Å². The molecule has 0 aliphatic heterocycles.